The van der Waals surface area contributed by atoms with Crippen LogP contribution in [0.5, 0.6) is 5.75 Å². The first kappa shape index (κ1) is 20.5. The predicted molar refractivity (Wildman–Crippen MR) is 114 cm³/mol. The number of primary amides is 1. The molecule has 1 aliphatic heterocycles. The molecule has 1 aliphatic rings. The number of amides is 2. The van der Waals surface area contributed by atoms with Gasteiger partial charge < -0.3 is 15.4 Å². The number of nitrogens with two attached hydrogens (primary N) is 1. The van der Waals surface area contributed by atoms with Crippen LogP contribution < -0.4 is 10.5 Å². The molecule has 0 saturated carbocycles. The van der Waals surface area contributed by atoms with E-state index >= 15 is 0 Å². The Morgan fingerprint density at radius 2 is 1.90 bits per heavy atom. The number of hydrogen-bond donors (Lipinski definition) is 1. The van der Waals surface area contributed by atoms with Gasteiger partial charge in [0.2, 0.25) is 5.91 Å². The smallest absolute Gasteiger partial charge is 0.261 e. The summed E-state index contributed by atoms with van der Waals surface area (Å²) in [5.41, 5.74) is 8.32. The second-order valence-electron chi connectivity index (χ2n) is 7.40. The first-order valence-electron chi connectivity index (χ1n) is 10.1. The van der Waals surface area contributed by atoms with E-state index in [0.717, 1.165) is 29.7 Å². The van der Waals surface area contributed by atoms with Gasteiger partial charge in [-0.2, -0.15) is 0 Å². The van der Waals surface area contributed by atoms with E-state index in [4.69, 9.17) is 10.5 Å². The molecule has 2 heterocycles. The number of carbonyl (C=O) groups is 2. The van der Waals surface area contributed by atoms with E-state index in [1.807, 2.05) is 18.2 Å². The maximum absolute atomic E-state index is 13.0. The van der Waals surface area contributed by atoms with Crippen molar-refractivity contribution in [1.82, 2.24) is 9.88 Å². The molecule has 0 unspecified atom stereocenters. The summed E-state index contributed by atoms with van der Waals surface area (Å²) in [5, 5.41) is 0. The second kappa shape index (κ2) is 8.95. The van der Waals surface area contributed by atoms with Crippen molar-refractivity contribution in [3.8, 4) is 16.9 Å². The van der Waals surface area contributed by atoms with Gasteiger partial charge in [-0.1, -0.05) is 18.2 Å². The van der Waals surface area contributed by atoms with Gasteiger partial charge in [-0.15, -0.1) is 0 Å². The Morgan fingerprint density at radius 3 is 2.61 bits per heavy atom. The van der Waals surface area contributed by atoms with Gasteiger partial charge in [0.25, 0.3) is 5.91 Å². The van der Waals surface area contributed by atoms with Crippen LogP contribution in [0, 0.1) is 5.82 Å². The molecule has 0 bridgehead atoms. The summed E-state index contributed by atoms with van der Waals surface area (Å²) in [6.07, 6.45) is 3.45. The highest BCUT2D eigenvalue weighted by Gasteiger charge is 2.31. The topological polar surface area (TPSA) is 85.5 Å². The SMILES string of the molecule is NC(=O)c1cccc(-c2ccc([C@@H]3CCCN3C(=O)COc3ccc(F)cc3)nc2)c1. The van der Waals surface area contributed by atoms with Gasteiger partial charge in [-0.05, 0) is 60.9 Å². The second-order valence-corrected chi connectivity index (χ2v) is 7.40. The van der Waals surface area contributed by atoms with E-state index in [0.29, 0.717) is 17.9 Å². The molecule has 3 aromatic rings. The van der Waals surface area contributed by atoms with E-state index in [1.54, 1.807) is 29.3 Å². The molecule has 0 aliphatic carbocycles. The third-order valence-electron chi connectivity index (χ3n) is 5.36. The fraction of sp³-hybridized carbons (Fsp3) is 0.208. The standard InChI is InChI=1S/C24H22FN3O3/c25-19-7-9-20(10-8-19)31-15-23(29)28-12-2-5-22(28)21-11-6-18(14-27-21)16-3-1-4-17(13-16)24(26)30/h1,3-4,6-11,13-14,22H,2,5,12,15H2,(H2,26,30)/t22-/m0/s1. The number of hydrogen-bond acceptors (Lipinski definition) is 4. The number of carbonyl (C=O) groups excluding carboxylic acids is 2. The number of likely N-dealkylation sites (tertiary alicyclic amines) is 1. The van der Waals surface area contributed by atoms with Crippen molar-refractivity contribution in [3.63, 3.8) is 0 Å². The molecular weight excluding hydrogens is 397 g/mol. The van der Waals surface area contributed by atoms with Gasteiger partial charge in [-0.3, -0.25) is 14.6 Å². The van der Waals surface area contributed by atoms with Crippen molar-refractivity contribution in [3.05, 3.63) is 83.9 Å². The third kappa shape index (κ3) is 4.71. The van der Waals surface area contributed by atoms with E-state index in [-0.39, 0.29) is 24.4 Å². The number of benzene rings is 2. The largest absolute Gasteiger partial charge is 0.484 e. The minimum Gasteiger partial charge on any atom is -0.484 e. The zero-order valence-corrected chi connectivity index (χ0v) is 16.8. The maximum atomic E-state index is 13.0. The van der Waals surface area contributed by atoms with Crippen LogP contribution in [0.1, 0.15) is 34.9 Å². The van der Waals surface area contributed by atoms with Crippen LogP contribution in [0.2, 0.25) is 0 Å². The van der Waals surface area contributed by atoms with Crippen LogP contribution in [0.4, 0.5) is 4.39 Å². The molecule has 1 fully saturated rings. The molecule has 2 amide bonds. The van der Waals surface area contributed by atoms with Gasteiger partial charge in [0, 0.05) is 23.9 Å². The highest BCUT2D eigenvalue weighted by Crippen LogP contribution is 2.32. The van der Waals surface area contributed by atoms with Crippen LogP contribution in [0.15, 0.2) is 66.9 Å². The Morgan fingerprint density at radius 1 is 1.10 bits per heavy atom. The summed E-state index contributed by atoms with van der Waals surface area (Å²) in [6.45, 7) is 0.528. The van der Waals surface area contributed by atoms with Crippen molar-refractivity contribution >= 4 is 11.8 Å². The normalized spacial score (nSPS) is 15.6. The monoisotopic (exact) mass is 419 g/mol. The van der Waals surface area contributed by atoms with Crippen molar-refractivity contribution in [2.75, 3.05) is 13.2 Å². The molecule has 0 radical (unpaired) electrons. The lowest BCUT2D eigenvalue weighted by Crippen LogP contribution is -2.34. The summed E-state index contributed by atoms with van der Waals surface area (Å²) in [6, 6.07) is 16.4. The summed E-state index contributed by atoms with van der Waals surface area (Å²) >= 11 is 0. The van der Waals surface area contributed by atoms with E-state index in [1.165, 1.54) is 24.3 Å². The lowest BCUT2D eigenvalue weighted by atomic mass is 10.0. The number of nitrogens with zero attached hydrogens (tertiary/aromatic N) is 2. The zero-order chi connectivity index (χ0) is 21.8. The molecule has 31 heavy (non-hydrogen) atoms. The molecular formula is C24H22FN3O3. The van der Waals surface area contributed by atoms with Crippen molar-refractivity contribution < 1.29 is 18.7 Å². The Balaban J connectivity index is 1.44. The predicted octanol–water partition coefficient (Wildman–Crippen LogP) is 3.73. The number of halogens is 1. The molecule has 6 nitrogen and oxygen atoms in total. The highest BCUT2D eigenvalue weighted by molar-refractivity contribution is 5.94. The minimum absolute atomic E-state index is 0.111. The van der Waals surface area contributed by atoms with Gasteiger partial charge in [0.15, 0.2) is 6.61 Å². The fourth-order valence-corrected chi connectivity index (χ4v) is 3.76. The average molecular weight is 419 g/mol. The van der Waals surface area contributed by atoms with E-state index in [9.17, 15) is 14.0 Å². The first-order valence-corrected chi connectivity index (χ1v) is 10.1. The third-order valence-corrected chi connectivity index (χ3v) is 5.36. The summed E-state index contributed by atoms with van der Waals surface area (Å²) in [4.78, 5) is 30.5. The van der Waals surface area contributed by atoms with Gasteiger partial charge in [0.05, 0.1) is 11.7 Å². The first-order chi connectivity index (χ1) is 15.0. The molecule has 0 spiro atoms. The summed E-state index contributed by atoms with van der Waals surface area (Å²) in [7, 11) is 0. The van der Waals surface area contributed by atoms with Crippen LogP contribution in [0.3, 0.4) is 0 Å². The van der Waals surface area contributed by atoms with Crippen LogP contribution in [-0.2, 0) is 4.79 Å². The molecule has 1 saturated heterocycles. The zero-order valence-electron chi connectivity index (χ0n) is 16.8. The molecule has 158 valence electrons. The number of pyridine rings is 1. The van der Waals surface area contributed by atoms with Crippen LogP contribution in [-0.4, -0.2) is 34.8 Å². The Kier molecular flexibility index (Phi) is 5.93. The number of aromatic nitrogens is 1. The molecule has 4 rings (SSSR count). The van der Waals surface area contributed by atoms with Gasteiger partial charge in [0.1, 0.15) is 11.6 Å². The fourth-order valence-electron chi connectivity index (χ4n) is 3.76. The molecule has 2 N–H and O–H groups in total. The van der Waals surface area contributed by atoms with Crippen molar-refractivity contribution in [2.24, 2.45) is 5.73 Å². The Labute approximate surface area is 179 Å². The van der Waals surface area contributed by atoms with Crippen LogP contribution >= 0.6 is 0 Å². The molecule has 2 aromatic carbocycles. The van der Waals surface area contributed by atoms with Crippen molar-refractivity contribution in [1.29, 1.82) is 0 Å². The minimum atomic E-state index is -0.477. The maximum Gasteiger partial charge on any atom is 0.261 e. The average Bonchev–Trinajstić information content (AvgIpc) is 3.29. The highest BCUT2D eigenvalue weighted by atomic mass is 19.1. The summed E-state index contributed by atoms with van der Waals surface area (Å²) < 4.78 is 18.5. The Hall–Kier alpha value is -3.74. The lowest BCUT2D eigenvalue weighted by molar-refractivity contribution is -0.134. The van der Waals surface area contributed by atoms with E-state index in [2.05, 4.69) is 4.98 Å². The molecule has 1 atom stereocenters. The molecule has 7 heteroatoms. The van der Waals surface area contributed by atoms with Gasteiger partial charge in [-0.25, -0.2) is 4.39 Å². The van der Waals surface area contributed by atoms with Crippen molar-refractivity contribution in [2.45, 2.75) is 18.9 Å². The summed E-state index contributed by atoms with van der Waals surface area (Å²) in [5.74, 6) is -0.512. The Bertz CT molecular complexity index is 1080. The van der Waals surface area contributed by atoms with Crippen LogP contribution in [0.25, 0.3) is 11.1 Å². The number of ether oxygens (including phenoxy) is 1. The number of rotatable bonds is 6. The lowest BCUT2D eigenvalue weighted by Gasteiger charge is -2.24. The quantitative estimate of drug-likeness (QED) is 0.660. The van der Waals surface area contributed by atoms with Gasteiger partial charge >= 0.3 is 0 Å². The molecule has 1 aromatic heterocycles. The van der Waals surface area contributed by atoms with E-state index < -0.39 is 5.91 Å².